The highest BCUT2D eigenvalue weighted by atomic mass is 16.5. The zero-order chi connectivity index (χ0) is 21.1. The summed E-state index contributed by atoms with van der Waals surface area (Å²) in [7, 11) is 6.16. The van der Waals surface area contributed by atoms with Crippen LogP contribution in [0, 0.1) is 0 Å². The number of pyridine rings is 2. The lowest BCUT2D eigenvalue weighted by atomic mass is 9.91. The molecule has 0 aliphatic heterocycles. The molecule has 0 unspecified atom stereocenters. The fraction of sp³-hybridized carbons (Fsp3) is 0.478. The smallest absolute Gasteiger partial charge is 0.199 e. The van der Waals surface area contributed by atoms with E-state index in [1.807, 2.05) is 49.0 Å². The maximum atomic E-state index is 10.2. The summed E-state index contributed by atoms with van der Waals surface area (Å²) in [4.78, 5) is 13.9. The van der Waals surface area contributed by atoms with Gasteiger partial charge in [-0.15, -0.1) is 0 Å². The number of aliphatic hydroxyl groups is 1. The van der Waals surface area contributed by atoms with E-state index in [0.29, 0.717) is 19.0 Å². The number of aliphatic hydroxyl groups excluding tert-OH is 1. The molecular formula is C23H31N5O2. The molecule has 7 nitrogen and oxygen atoms in total. The highest BCUT2D eigenvalue weighted by molar-refractivity contribution is 5.47. The minimum Gasteiger partial charge on any atom is -0.477 e. The minimum absolute atomic E-state index is 0.0854. The summed E-state index contributed by atoms with van der Waals surface area (Å²) < 4.78 is 7.94. The van der Waals surface area contributed by atoms with Gasteiger partial charge in [0, 0.05) is 19.3 Å². The molecule has 3 aromatic rings. The van der Waals surface area contributed by atoms with E-state index in [0.717, 1.165) is 42.8 Å². The Hall–Kier alpha value is -2.48. The molecule has 4 rings (SSSR count). The Bertz CT molecular complexity index is 1000. The van der Waals surface area contributed by atoms with Crippen LogP contribution in [-0.2, 0) is 19.6 Å². The standard InChI is InChI=1S/C23H31N5O2/c1-26(2)13-14-30-22-11-5-10-21-25-18(20(16-29)28(21)22)15-27(3)19-9-4-7-17-8-6-12-24-23(17)19/h5-6,8,10-12,19,29H,4,7,9,13-16H2,1-3H3/t19-/m0/s1. The molecular weight excluding hydrogens is 378 g/mol. The molecule has 3 heterocycles. The second kappa shape index (κ2) is 9.12. The molecule has 0 amide bonds. The van der Waals surface area contributed by atoms with Crippen molar-refractivity contribution in [1.82, 2.24) is 24.2 Å². The van der Waals surface area contributed by atoms with Crippen LogP contribution in [0.2, 0.25) is 0 Å². The molecule has 0 spiro atoms. The Labute approximate surface area is 177 Å². The summed E-state index contributed by atoms with van der Waals surface area (Å²) in [6.45, 7) is 1.96. The molecule has 0 bridgehead atoms. The van der Waals surface area contributed by atoms with Gasteiger partial charge in [0.05, 0.1) is 29.7 Å². The first kappa shape index (κ1) is 20.8. The number of hydrogen-bond donors (Lipinski definition) is 1. The molecule has 7 heteroatoms. The second-order valence-corrected chi connectivity index (χ2v) is 8.24. The van der Waals surface area contributed by atoms with Crippen LogP contribution in [0.5, 0.6) is 5.88 Å². The van der Waals surface area contributed by atoms with Gasteiger partial charge < -0.3 is 14.7 Å². The van der Waals surface area contributed by atoms with Crippen LogP contribution in [0.4, 0.5) is 0 Å². The number of ether oxygens (including phenoxy) is 1. The van der Waals surface area contributed by atoms with Gasteiger partial charge in [-0.05, 0) is 64.2 Å². The number of aromatic nitrogens is 3. The Morgan fingerprint density at radius 3 is 2.87 bits per heavy atom. The van der Waals surface area contributed by atoms with Crippen LogP contribution < -0.4 is 4.74 Å². The molecule has 0 radical (unpaired) electrons. The summed E-state index contributed by atoms with van der Waals surface area (Å²) in [5.74, 6) is 0.712. The first-order valence-corrected chi connectivity index (χ1v) is 10.6. The molecule has 0 aromatic carbocycles. The van der Waals surface area contributed by atoms with Crippen molar-refractivity contribution in [3.63, 3.8) is 0 Å². The third kappa shape index (κ3) is 4.19. The van der Waals surface area contributed by atoms with Crippen molar-refractivity contribution in [2.24, 2.45) is 0 Å². The number of fused-ring (bicyclic) bond motifs is 2. The maximum absolute atomic E-state index is 10.2. The molecule has 0 saturated heterocycles. The minimum atomic E-state index is -0.0854. The predicted octanol–water partition coefficient (Wildman–Crippen LogP) is 2.67. The molecule has 0 saturated carbocycles. The van der Waals surface area contributed by atoms with Crippen LogP contribution in [0.1, 0.15) is 41.5 Å². The van der Waals surface area contributed by atoms with Crippen molar-refractivity contribution in [2.45, 2.75) is 38.5 Å². The number of rotatable bonds is 8. The molecule has 160 valence electrons. The monoisotopic (exact) mass is 409 g/mol. The van der Waals surface area contributed by atoms with E-state index >= 15 is 0 Å². The van der Waals surface area contributed by atoms with E-state index in [2.05, 4.69) is 27.9 Å². The van der Waals surface area contributed by atoms with Gasteiger partial charge >= 0.3 is 0 Å². The van der Waals surface area contributed by atoms with Crippen LogP contribution in [0.25, 0.3) is 5.65 Å². The quantitative estimate of drug-likeness (QED) is 0.617. The molecule has 1 aliphatic carbocycles. The molecule has 1 atom stereocenters. The maximum Gasteiger partial charge on any atom is 0.199 e. The second-order valence-electron chi connectivity index (χ2n) is 8.24. The van der Waals surface area contributed by atoms with E-state index in [1.165, 1.54) is 11.3 Å². The fourth-order valence-electron chi connectivity index (χ4n) is 4.26. The average molecular weight is 410 g/mol. The molecule has 30 heavy (non-hydrogen) atoms. The summed E-state index contributed by atoms with van der Waals surface area (Å²) in [6.07, 6.45) is 5.22. The van der Waals surface area contributed by atoms with E-state index < -0.39 is 0 Å². The van der Waals surface area contributed by atoms with Crippen molar-refractivity contribution in [2.75, 3.05) is 34.3 Å². The van der Waals surface area contributed by atoms with Crippen LogP contribution in [-0.4, -0.2) is 63.6 Å². The highest BCUT2D eigenvalue weighted by Crippen LogP contribution is 2.33. The Morgan fingerprint density at radius 2 is 2.07 bits per heavy atom. The zero-order valence-electron chi connectivity index (χ0n) is 18.1. The van der Waals surface area contributed by atoms with Gasteiger partial charge in [-0.1, -0.05) is 12.1 Å². The van der Waals surface area contributed by atoms with Crippen LogP contribution in [0.15, 0.2) is 36.5 Å². The lowest BCUT2D eigenvalue weighted by Gasteiger charge is -2.32. The van der Waals surface area contributed by atoms with Crippen LogP contribution >= 0.6 is 0 Å². The topological polar surface area (TPSA) is 66.1 Å². The van der Waals surface area contributed by atoms with Crippen molar-refractivity contribution in [3.8, 4) is 5.88 Å². The van der Waals surface area contributed by atoms with Gasteiger partial charge in [-0.3, -0.25) is 14.3 Å². The van der Waals surface area contributed by atoms with Gasteiger partial charge in [0.2, 0.25) is 0 Å². The Kier molecular flexibility index (Phi) is 6.32. The van der Waals surface area contributed by atoms with Crippen molar-refractivity contribution < 1.29 is 9.84 Å². The van der Waals surface area contributed by atoms with E-state index in [-0.39, 0.29) is 12.6 Å². The summed E-state index contributed by atoms with van der Waals surface area (Å²) >= 11 is 0. The summed E-state index contributed by atoms with van der Waals surface area (Å²) in [5.41, 5.74) is 4.98. The third-order valence-corrected chi connectivity index (χ3v) is 5.82. The Morgan fingerprint density at radius 1 is 1.20 bits per heavy atom. The lowest BCUT2D eigenvalue weighted by molar-refractivity contribution is 0.202. The highest BCUT2D eigenvalue weighted by Gasteiger charge is 2.26. The number of nitrogens with zero attached hydrogens (tertiary/aromatic N) is 5. The molecule has 1 aliphatic rings. The van der Waals surface area contributed by atoms with Gasteiger partial charge in [0.25, 0.3) is 0 Å². The zero-order valence-corrected chi connectivity index (χ0v) is 18.1. The van der Waals surface area contributed by atoms with Gasteiger partial charge in [-0.25, -0.2) is 4.98 Å². The van der Waals surface area contributed by atoms with Gasteiger partial charge in [0.15, 0.2) is 5.88 Å². The molecule has 1 N–H and O–H groups in total. The van der Waals surface area contributed by atoms with Crippen LogP contribution in [0.3, 0.4) is 0 Å². The number of hydrogen-bond acceptors (Lipinski definition) is 6. The number of aryl methyl sites for hydroxylation is 1. The normalized spacial score (nSPS) is 16.4. The van der Waals surface area contributed by atoms with Crippen molar-refractivity contribution in [3.05, 3.63) is 59.2 Å². The average Bonchev–Trinajstić information content (AvgIpc) is 3.10. The van der Waals surface area contributed by atoms with E-state index in [1.54, 1.807) is 0 Å². The van der Waals surface area contributed by atoms with Gasteiger partial charge in [0.1, 0.15) is 12.3 Å². The Balaban J connectivity index is 1.60. The summed E-state index contributed by atoms with van der Waals surface area (Å²) in [6, 6.07) is 10.3. The predicted molar refractivity (Wildman–Crippen MR) is 117 cm³/mol. The van der Waals surface area contributed by atoms with Gasteiger partial charge in [-0.2, -0.15) is 0 Å². The molecule has 0 fully saturated rings. The van der Waals surface area contributed by atoms with E-state index in [4.69, 9.17) is 9.72 Å². The van der Waals surface area contributed by atoms with Crippen molar-refractivity contribution in [1.29, 1.82) is 0 Å². The fourth-order valence-corrected chi connectivity index (χ4v) is 4.26. The number of likely N-dealkylation sites (N-methyl/N-ethyl adjacent to an activating group) is 1. The van der Waals surface area contributed by atoms with E-state index in [9.17, 15) is 5.11 Å². The third-order valence-electron chi connectivity index (χ3n) is 5.82. The summed E-state index contributed by atoms with van der Waals surface area (Å²) in [5, 5.41) is 10.2. The lowest BCUT2D eigenvalue weighted by Crippen LogP contribution is -2.28. The molecule has 3 aromatic heterocycles. The number of imidazole rings is 1. The first-order chi connectivity index (χ1) is 14.6. The largest absolute Gasteiger partial charge is 0.477 e. The first-order valence-electron chi connectivity index (χ1n) is 10.6. The van der Waals surface area contributed by atoms with Crippen molar-refractivity contribution >= 4 is 5.65 Å². The SMILES string of the molecule is CN(C)CCOc1cccc2nc(CN(C)[C@H]3CCCc4cccnc43)c(CO)n12.